The molecule has 0 radical (unpaired) electrons. The summed E-state index contributed by atoms with van der Waals surface area (Å²) in [6.07, 6.45) is 7.95. The zero-order valence-corrected chi connectivity index (χ0v) is 13.7. The number of rotatable bonds is 8. The van der Waals surface area contributed by atoms with Crippen LogP contribution in [0.3, 0.4) is 0 Å². The molecule has 1 aliphatic heterocycles. The molecule has 1 aromatic rings. The second kappa shape index (κ2) is 8.67. The van der Waals surface area contributed by atoms with Crippen LogP contribution in [0.2, 0.25) is 0 Å². The summed E-state index contributed by atoms with van der Waals surface area (Å²) in [5.74, 6) is 4.71. The van der Waals surface area contributed by atoms with Crippen molar-refractivity contribution >= 4 is 11.8 Å². The molecule has 5 heteroatoms. The Morgan fingerprint density at radius 3 is 2.90 bits per heavy atom. The van der Waals surface area contributed by atoms with Crippen LogP contribution in [0.1, 0.15) is 45.4 Å². The Morgan fingerprint density at radius 2 is 2.20 bits per heavy atom. The maximum Gasteiger partial charge on any atom is 0.138 e. The Balaban J connectivity index is 1.91. The predicted molar refractivity (Wildman–Crippen MR) is 86.1 cm³/mol. The maximum atomic E-state index is 4.44. The number of aryl methyl sites for hydroxylation is 1. The van der Waals surface area contributed by atoms with Crippen molar-refractivity contribution in [3.8, 4) is 0 Å². The second-order valence-electron chi connectivity index (χ2n) is 5.64. The van der Waals surface area contributed by atoms with E-state index in [0.29, 0.717) is 6.04 Å². The average molecular weight is 296 g/mol. The smallest absolute Gasteiger partial charge is 0.138 e. The molecule has 1 saturated heterocycles. The molecule has 0 aliphatic carbocycles. The minimum Gasteiger partial charge on any atom is -0.314 e. The number of hydrogen-bond donors (Lipinski definition) is 1. The van der Waals surface area contributed by atoms with Crippen LogP contribution in [0, 0.1) is 5.92 Å². The van der Waals surface area contributed by atoms with Gasteiger partial charge in [0.1, 0.15) is 12.2 Å². The van der Waals surface area contributed by atoms with Crippen molar-refractivity contribution in [2.75, 3.05) is 18.1 Å². The summed E-state index contributed by atoms with van der Waals surface area (Å²) in [5.41, 5.74) is 0. The monoisotopic (exact) mass is 296 g/mol. The van der Waals surface area contributed by atoms with Crippen molar-refractivity contribution in [2.24, 2.45) is 5.92 Å². The molecule has 114 valence electrons. The molecular weight excluding hydrogens is 268 g/mol. The quantitative estimate of drug-likeness (QED) is 0.801. The van der Waals surface area contributed by atoms with Crippen LogP contribution in [0.25, 0.3) is 0 Å². The molecule has 0 bridgehead atoms. The largest absolute Gasteiger partial charge is 0.314 e. The van der Waals surface area contributed by atoms with E-state index in [0.717, 1.165) is 31.3 Å². The van der Waals surface area contributed by atoms with Gasteiger partial charge in [0.2, 0.25) is 0 Å². The minimum atomic E-state index is 0.553. The fourth-order valence-electron chi connectivity index (χ4n) is 2.90. The second-order valence-corrected chi connectivity index (χ2v) is 6.86. The normalized spacial score (nSPS) is 18.3. The lowest BCUT2D eigenvalue weighted by molar-refractivity contribution is 0.355. The van der Waals surface area contributed by atoms with Gasteiger partial charge in [0.25, 0.3) is 0 Å². The summed E-state index contributed by atoms with van der Waals surface area (Å²) in [6, 6.07) is 0.553. The predicted octanol–water partition coefficient (Wildman–Crippen LogP) is 2.74. The molecule has 1 aromatic heterocycles. The molecule has 2 heterocycles. The molecule has 1 atom stereocenters. The summed E-state index contributed by atoms with van der Waals surface area (Å²) in [6.45, 7) is 6.38. The van der Waals surface area contributed by atoms with Gasteiger partial charge in [0.15, 0.2) is 0 Å². The summed E-state index contributed by atoms with van der Waals surface area (Å²) < 4.78 is 2.03. The first-order valence-electron chi connectivity index (χ1n) is 8.01. The molecule has 20 heavy (non-hydrogen) atoms. The standard InChI is InChI=1S/C15H28N4S/c1-3-7-16-14(10-13-5-8-20-9-6-13)11-15-17-12-18-19(15)4-2/h12-14,16H,3-11H2,1-2H3. The lowest BCUT2D eigenvalue weighted by Gasteiger charge is -2.27. The van der Waals surface area contributed by atoms with Gasteiger partial charge in [-0.1, -0.05) is 6.92 Å². The van der Waals surface area contributed by atoms with Gasteiger partial charge in [-0.15, -0.1) is 0 Å². The third-order valence-electron chi connectivity index (χ3n) is 4.07. The minimum absolute atomic E-state index is 0.553. The van der Waals surface area contributed by atoms with E-state index in [1.165, 1.54) is 37.2 Å². The van der Waals surface area contributed by atoms with E-state index in [4.69, 9.17) is 0 Å². The molecular formula is C15H28N4S. The van der Waals surface area contributed by atoms with Crippen molar-refractivity contribution in [1.82, 2.24) is 20.1 Å². The van der Waals surface area contributed by atoms with Crippen molar-refractivity contribution in [2.45, 2.75) is 58.5 Å². The van der Waals surface area contributed by atoms with Gasteiger partial charge < -0.3 is 5.32 Å². The first-order chi connectivity index (χ1) is 9.83. The van der Waals surface area contributed by atoms with E-state index in [-0.39, 0.29) is 0 Å². The van der Waals surface area contributed by atoms with Crippen LogP contribution in [-0.4, -0.2) is 38.9 Å². The first kappa shape index (κ1) is 15.8. The molecule has 0 amide bonds. The van der Waals surface area contributed by atoms with Gasteiger partial charge in [0.05, 0.1) is 0 Å². The number of nitrogens with zero attached hydrogens (tertiary/aromatic N) is 3. The first-order valence-corrected chi connectivity index (χ1v) is 9.16. The van der Waals surface area contributed by atoms with Crippen LogP contribution in [0.4, 0.5) is 0 Å². The molecule has 1 N–H and O–H groups in total. The molecule has 0 spiro atoms. The molecule has 2 rings (SSSR count). The van der Waals surface area contributed by atoms with E-state index in [9.17, 15) is 0 Å². The van der Waals surface area contributed by atoms with Gasteiger partial charge in [-0.25, -0.2) is 4.98 Å². The summed E-state index contributed by atoms with van der Waals surface area (Å²) >= 11 is 2.11. The average Bonchev–Trinajstić information content (AvgIpc) is 2.93. The van der Waals surface area contributed by atoms with E-state index in [2.05, 4.69) is 41.0 Å². The van der Waals surface area contributed by atoms with E-state index in [1.54, 1.807) is 6.33 Å². The van der Waals surface area contributed by atoms with Gasteiger partial charge in [0, 0.05) is 19.0 Å². The van der Waals surface area contributed by atoms with Crippen LogP contribution in [0.15, 0.2) is 6.33 Å². The van der Waals surface area contributed by atoms with Gasteiger partial charge >= 0.3 is 0 Å². The Labute approximate surface area is 127 Å². The third-order valence-corrected chi connectivity index (χ3v) is 5.11. The van der Waals surface area contributed by atoms with Gasteiger partial charge in [-0.2, -0.15) is 16.9 Å². The van der Waals surface area contributed by atoms with E-state index < -0.39 is 0 Å². The third kappa shape index (κ3) is 4.77. The van der Waals surface area contributed by atoms with Crippen LogP contribution < -0.4 is 5.32 Å². The fraction of sp³-hybridized carbons (Fsp3) is 0.867. The number of aromatic nitrogens is 3. The summed E-state index contributed by atoms with van der Waals surface area (Å²) in [5, 5.41) is 8.01. The number of hydrogen-bond acceptors (Lipinski definition) is 4. The van der Waals surface area contributed by atoms with Crippen molar-refractivity contribution in [3.63, 3.8) is 0 Å². The van der Waals surface area contributed by atoms with E-state index >= 15 is 0 Å². The van der Waals surface area contributed by atoms with Gasteiger partial charge in [-0.3, -0.25) is 4.68 Å². The maximum absolute atomic E-state index is 4.44. The number of thioether (sulfide) groups is 1. The van der Waals surface area contributed by atoms with Crippen molar-refractivity contribution in [1.29, 1.82) is 0 Å². The van der Waals surface area contributed by atoms with Crippen LogP contribution >= 0.6 is 11.8 Å². The lowest BCUT2D eigenvalue weighted by atomic mass is 9.92. The lowest BCUT2D eigenvalue weighted by Crippen LogP contribution is -2.35. The zero-order valence-electron chi connectivity index (χ0n) is 12.8. The summed E-state index contributed by atoms with van der Waals surface area (Å²) in [4.78, 5) is 4.44. The zero-order chi connectivity index (χ0) is 14.2. The summed E-state index contributed by atoms with van der Waals surface area (Å²) in [7, 11) is 0. The fourth-order valence-corrected chi connectivity index (χ4v) is 4.11. The number of nitrogens with one attached hydrogen (secondary N) is 1. The molecule has 0 aromatic carbocycles. The van der Waals surface area contributed by atoms with Crippen molar-refractivity contribution in [3.05, 3.63) is 12.2 Å². The SMILES string of the molecule is CCCNC(Cc1ncnn1CC)CC1CCSCC1. The highest BCUT2D eigenvalue weighted by Crippen LogP contribution is 2.27. The Bertz CT molecular complexity index is 374. The van der Waals surface area contributed by atoms with E-state index in [1.807, 2.05) is 4.68 Å². The van der Waals surface area contributed by atoms with Crippen LogP contribution in [-0.2, 0) is 13.0 Å². The molecule has 1 fully saturated rings. The Morgan fingerprint density at radius 1 is 1.40 bits per heavy atom. The van der Waals surface area contributed by atoms with Crippen molar-refractivity contribution < 1.29 is 0 Å². The highest BCUT2D eigenvalue weighted by Gasteiger charge is 2.20. The molecule has 4 nitrogen and oxygen atoms in total. The Kier molecular flexibility index (Phi) is 6.87. The molecule has 1 aliphatic rings. The topological polar surface area (TPSA) is 42.7 Å². The molecule has 0 saturated carbocycles. The highest BCUT2D eigenvalue weighted by molar-refractivity contribution is 7.99. The Hall–Kier alpha value is -0.550. The van der Waals surface area contributed by atoms with Gasteiger partial charge in [-0.05, 0) is 56.6 Å². The van der Waals surface area contributed by atoms with Crippen LogP contribution in [0.5, 0.6) is 0 Å². The molecule has 1 unspecified atom stereocenters. The highest BCUT2D eigenvalue weighted by atomic mass is 32.2.